The van der Waals surface area contributed by atoms with Crippen LogP contribution in [-0.2, 0) is 21.9 Å². The first-order valence-electron chi connectivity index (χ1n) is 4.99. The SMILES string of the molecule is CCCc1ccccc1CS(C)(=O)=NO. The summed E-state index contributed by atoms with van der Waals surface area (Å²) in [5, 5.41) is 8.63. The molecule has 0 spiro atoms. The number of nitrogens with zero attached hydrogens (tertiary/aromatic N) is 1. The Balaban J connectivity index is 2.99. The molecule has 0 aliphatic heterocycles. The Morgan fingerprint density at radius 2 is 1.93 bits per heavy atom. The second-order valence-electron chi connectivity index (χ2n) is 3.70. The number of benzene rings is 1. The Bertz CT molecular complexity index is 434. The highest BCUT2D eigenvalue weighted by atomic mass is 32.2. The first-order chi connectivity index (χ1) is 7.09. The van der Waals surface area contributed by atoms with E-state index in [-0.39, 0.29) is 0 Å². The molecule has 0 aliphatic carbocycles. The Kier molecular flexibility index (Phi) is 4.29. The van der Waals surface area contributed by atoms with Crippen LogP contribution in [0.1, 0.15) is 24.5 Å². The van der Waals surface area contributed by atoms with Gasteiger partial charge in [0.05, 0.1) is 15.5 Å². The lowest BCUT2D eigenvalue weighted by atomic mass is 10.0. The summed E-state index contributed by atoms with van der Waals surface area (Å²) in [7, 11) is -2.48. The molecule has 0 radical (unpaired) electrons. The van der Waals surface area contributed by atoms with Gasteiger partial charge in [-0.15, -0.1) is 0 Å². The van der Waals surface area contributed by atoms with E-state index in [9.17, 15) is 4.21 Å². The van der Waals surface area contributed by atoms with Gasteiger partial charge in [0, 0.05) is 6.26 Å². The van der Waals surface area contributed by atoms with Crippen LogP contribution in [0.4, 0.5) is 0 Å². The third-order valence-electron chi connectivity index (χ3n) is 2.23. The highest BCUT2D eigenvalue weighted by Crippen LogP contribution is 2.14. The summed E-state index contributed by atoms with van der Waals surface area (Å²) in [6, 6.07) is 7.87. The molecule has 1 rings (SSSR count). The molecule has 3 nitrogen and oxygen atoms in total. The molecule has 1 unspecified atom stereocenters. The molecule has 1 aromatic rings. The topological polar surface area (TPSA) is 49.7 Å². The zero-order valence-corrected chi connectivity index (χ0v) is 9.96. The van der Waals surface area contributed by atoms with Crippen molar-refractivity contribution in [1.82, 2.24) is 0 Å². The van der Waals surface area contributed by atoms with E-state index in [0.717, 1.165) is 18.4 Å². The second-order valence-corrected chi connectivity index (χ2v) is 6.07. The quantitative estimate of drug-likeness (QED) is 0.804. The molecule has 0 saturated carbocycles. The molecule has 84 valence electrons. The van der Waals surface area contributed by atoms with Gasteiger partial charge in [0.25, 0.3) is 0 Å². The third-order valence-corrected chi connectivity index (χ3v) is 3.43. The lowest BCUT2D eigenvalue weighted by molar-refractivity contribution is 0.324. The van der Waals surface area contributed by atoms with Crippen molar-refractivity contribution in [2.24, 2.45) is 4.53 Å². The van der Waals surface area contributed by atoms with E-state index in [1.54, 1.807) is 0 Å². The number of aryl methyl sites for hydroxylation is 1. The molecule has 0 saturated heterocycles. The van der Waals surface area contributed by atoms with Crippen LogP contribution in [0.2, 0.25) is 0 Å². The Labute approximate surface area is 91.3 Å². The predicted molar refractivity (Wildman–Crippen MR) is 62.4 cm³/mol. The summed E-state index contributed by atoms with van der Waals surface area (Å²) in [6.07, 6.45) is 3.49. The average Bonchev–Trinajstić information content (AvgIpc) is 2.21. The lowest BCUT2D eigenvalue weighted by Gasteiger charge is -2.08. The molecule has 1 N–H and O–H groups in total. The minimum atomic E-state index is -2.48. The molecule has 15 heavy (non-hydrogen) atoms. The zero-order chi connectivity index (χ0) is 11.3. The summed E-state index contributed by atoms with van der Waals surface area (Å²) >= 11 is 0. The maximum atomic E-state index is 11.7. The maximum Gasteiger partial charge on any atom is 0.0767 e. The molecule has 4 heteroatoms. The van der Waals surface area contributed by atoms with Crippen LogP contribution in [-0.4, -0.2) is 15.7 Å². The van der Waals surface area contributed by atoms with Crippen molar-refractivity contribution >= 4 is 9.73 Å². The smallest absolute Gasteiger partial charge is 0.0767 e. The molecule has 1 atom stereocenters. The van der Waals surface area contributed by atoms with Crippen LogP contribution in [0.15, 0.2) is 28.8 Å². The highest BCUT2D eigenvalue weighted by Gasteiger charge is 2.07. The van der Waals surface area contributed by atoms with E-state index in [2.05, 4.69) is 11.4 Å². The van der Waals surface area contributed by atoms with E-state index < -0.39 is 9.73 Å². The average molecular weight is 227 g/mol. The van der Waals surface area contributed by atoms with Gasteiger partial charge in [0.15, 0.2) is 0 Å². The molecular formula is C11H17NO2S. The minimum absolute atomic E-state index is 0.319. The number of hydrogen-bond acceptors (Lipinski definition) is 2. The van der Waals surface area contributed by atoms with Gasteiger partial charge < -0.3 is 0 Å². The Hall–Kier alpha value is -0.870. The predicted octanol–water partition coefficient (Wildman–Crippen LogP) is 2.63. The molecule has 0 aromatic heterocycles. The monoisotopic (exact) mass is 227 g/mol. The van der Waals surface area contributed by atoms with Gasteiger partial charge in [0.2, 0.25) is 0 Å². The summed E-state index contributed by atoms with van der Waals surface area (Å²) in [6.45, 7) is 2.11. The van der Waals surface area contributed by atoms with E-state index in [4.69, 9.17) is 5.21 Å². The fraction of sp³-hybridized carbons (Fsp3) is 0.455. The van der Waals surface area contributed by atoms with Crippen LogP contribution in [0.5, 0.6) is 0 Å². The van der Waals surface area contributed by atoms with Gasteiger partial charge in [0.1, 0.15) is 0 Å². The van der Waals surface area contributed by atoms with Crippen LogP contribution >= 0.6 is 0 Å². The normalized spacial score (nSPS) is 14.6. The molecule has 0 aliphatic rings. The van der Waals surface area contributed by atoms with Crippen molar-refractivity contribution in [3.63, 3.8) is 0 Å². The summed E-state index contributed by atoms with van der Waals surface area (Å²) < 4.78 is 14.6. The Morgan fingerprint density at radius 1 is 1.33 bits per heavy atom. The molecule has 1 aromatic carbocycles. The van der Waals surface area contributed by atoms with Gasteiger partial charge >= 0.3 is 0 Å². The van der Waals surface area contributed by atoms with E-state index in [1.165, 1.54) is 11.8 Å². The van der Waals surface area contributed by atoms with E-state index >= 15 is 0 Å². The fourth-order valence-electron chi connectivity index (χ4n) is 1.53. The van der Waals surface area contributed by atoms with E-state index in [0.29, 0.717) is 5.75 Å². The zero-order valence-electron chi connectivity index (χ0n) is 9.14. The van der Waals surface area contributed by atoms with Gasteiger partial charge in [-0.1, -0.05) is 42.1 Å². The van der Waals surface area contributed by atoms with E-state index in [1.807, 2.05) is 24.3 Å². The molecule has 0 heterocycles. The van der Waals surface area contributed by atoms with Crippen molar-refractivity contribution in [2.75, 3.05) is 6.26 Å². The first-order valence-corrected chi connectivity index (χ1v) is 7.08. The Morgan fingerprint density at radius 3 is 2.47 bits per heavy atom. The largest absolute Gasteiger partial charge is 0.260 e. The fourth-order valence-corrected chi connectivity index (χ4v) is 2.45. The number of hydrogen-bond donors (Lipinski definition) is 1. The van der Waals surface area contributed by atoms with Crippen LogP contribution in [0.25, 0.3) is 0 Å². The third kappa shape index (κ3) is 3.64. The summed E-state index contributed by atoms with van der Waals surface area (Å²) in [4.78, 5) is 0. The highest BCUT2D eigenvalue weighted by molar-refractivity contribution is 7.92. The lowest BCUT2D eigenvalue weighted by Crippen LogP contribution is -2.03. The maximum absolute atomic E-state index is 11.7. The van der Waals surface area contributed by atoms with Crippen LogP contribution < -0.4 is 0 Å². The second kappa shape index (κ2) is 5.28. The summed E-state index contributed by atoms with van der Waals surface area (Å²) in [5.74, 6) is 0.319. The number of rotatable bonds is 4. The molecule has 0 fully saturated rings. The molecule has 0 amide bonds. The van der Waals surface area contributed by atoms with Crippen LogP contribution in [0.3, 0.4) is 0 Å². The van der Waals surface area contributed by atoms with Crippen molar-refractivity contribution in [1.29, 1.82) is 0 Å². The molecular weight excluding hydrogens is 210 g/mol. The first kappa shape index (κ1) is 12.2. The van der Waals surface area contributed by atoms with Gasteiger partial charge in [-0.25, -0.2) is 4.21 Å². The van der Waals surface area contributed by atoms with Gasteiger partial charge in [-0.2, -0.15) is 0 Å². The van der Waals surface area contributed by atoms with Gasteiger partial charge in [-0.05, 0) is 17.5 Å². The standard InChI is InChI=1S/C11H17NO2S/c1-3-6-10-7-4-5-8-11(10)9-15(2,14)12-13/h4-5,7-8,13H,3,6,9H2,1-2H3. The van der Waals surface area contributed by atoms with Crippen LogP contribution in [0, 0.1) is 0 Å². The van der Waals surface area contributed by atoms with Crippen molar-refractivity contribution in [3.05, 3.63) is 35.4 Å². The van der Waals surface area contributed by atoms with Gasteiger partial charge in [-0.3, -0.25) is 5.21 Å². The van der Waals surface area contributed by atoms with Crippen molar-refractivity contribution in [2.45, 2.75) is 25.5 Å². The molecule has 0 bridgehead atoms. The van der Waals surface area contributed by atoms with Crippen molar-refractivity contribution in [3.8, 4) is 0 Å². The minimum Gasteiger partial charge on any atom is -0.260 e. The summed E-state index contributed by atoms with van der Waals surface area (Å²) in [5.41, 5.74) is 2.21. The van der Waals surface area contributed by atoms with Crippen molar-refractivity contribution < 1.29 is 9.42 Å².